The summed E-state index contributed by atoms with van der Waals surface area (Å²) in [6.07, 6.45) is 1.99. The van der Waals surface area contributed by atoms with E-state index in [2.05, 4.69) is 13.8 Å². The van der Waals surface area contributed by atoms with E-state index in [1.165, 1.54) is 0 Å². The fourth-order valence-electron chi connectivity index (χ4n) is 1.94. The molecule has 2 nitrogen and oxygen atoms in total. The van der Waals surface area contributed by atoms with Gasteiger partial charge in [0.2, 0.25) is 0 Å². The summed E-state index contributed by atoms with van der Waals surface area (Å²) in [6.45, 7) is 5.71. The predicted molar refractivity (Wildman–Crippen MR) is 59.5 cm³/mol. The van der Waals surface area contributed by atoms with Crippen LogP contribution in [0, 0.1) is 0 Å². The Morgan fingerprint density at radius 3 is 2.80 bits per heavy atom. The van der Waals surface area contributed by atoms with Crippen molar-refractivity contribution in [2.75, 3.05) is 0 Å². The Bertz CT molecular complexity index is 405. The second-order valence-electron chi connectivity index (χ2n) is 4.71. The third kappa shape index (κ3) is 1.89. The molecule has 0 unspecified atom stereocenters. The molecule has 0 aliphatic carbocycles. The van der Waals surface area contributed by atoms with Crippen molar-refractivity contribution in [3.63, 3.8) is 0 Å². The molecule has 1 aromatic carbocycles. The predicted octanol–water partition coefficient (Wildman–Crippen LogP) is 2.99. The molecular formula is C13H16O2. The molecule has 1 aromatic rings. The van der Waals surface area contributed by atoms with Gasteiger partial charge in [0.15, 0.2) is 5.78 Å². The first-order valence-corrected chi connectivity index (χ1v) is 5.31. The van der Waals surface area contributed by atoms with Gasteiger partial charge in [-0.15, -0.1) is 0 Å². The van der Waals surface area contributed by atoms with Crippen molar-refractivity contribution in [3.8, 4) is 5.75 Å². The quantitative estimate of drug-likeness (QED) is 0.657. The van der Waals surface area contributed by atoms with Crippen LogP contribution in [0.5, 0.6) is 5.75 Å². The number of Topliss-reactive ketones (excluding diaryl/α,β-unsaturated/α-hetero) is 1. The molecule has 2 rings (SSSR count). The van der Waals surface area contributed by atoms with Crippen LogP contribution in [-0.4, -0.2) is 11.4 Å². The molecule has 80 valence electrons. The lowest BCUT2D eigenvalue weighted by molar-refractivity contribution is 0.0809. The summed E-state index contributed by atoms with van der Waals surface area (Å²) in [7, 11) is 0. The summed E-state index contributed by atoms with van der Waals surface area (Å²) >= 11 is 0. The molecule has 2 heteroatoms. The highest BCUT2D eigenvalue weighted by Gasteiger charge is 2.28. The van der Waals surface area contributed by atoms with Crippen LogP contribution >= 0.6 is 0 Å². The van der Waals surface area contributed by atoms with Gasteiger partial charge in [0.25, 0.3) is 0 Å². The van der Waals surface area contributed by atoms with Crippen LogP contribution in [0.25, 0.3) is 0 Å². The number of ketones is 1. The number of hydrogen-bond acceptors (Lipinski definition) is 2. The molecule has 0 fully saturated rings. The molecule has 1 heterocycles. The maximum Gasteiger partial charge on any atom is 0.163 e. The monoisotopic (exact) mass is 204 g/mol. The van der Waals surface area contributed by atoms with E-state index in [9.17, 15) is 4.79 Å². The average Bonchev–Trinajstić information content (AvgIpc) is 2.15. The van der Waals surface area contributed by atoms with Crippen LogP contribution in [0.3, 0.4) is 0 Å². The first-order valence-electron chi connectivity index (χ1n) is 5.31. The van der Waals surface area contributed by atoms with Gasteiger partial charge in [-0.3, -0.25) is 4.79 Å². The lowest BCUT2D eigenvalue weighted by Gasteiger charge is -2.33. The second-order valence-corrected chi connectivity index (χ2v) is 4.71. The van der Waals surface area contributed by atoms with Crippen molar-refractivity contribution in [3.05, 3.63) is 29.3 Å². The minimum atomic E-state index is -0.154. The summed E-state index contributed by atoms with van der Waals surface area (Å²) in [4.78, 5) is 11.4. The number of benzene rings is 1. The molecular weight excluding hydrogens is 188 g/mol. The van der Waals surface area contributed by atoms with E-state index >= 15 is 0 Å². The lowest BCUT2D eigenvalue weighted by Crippen LogP contribution is -2.33. The first kappa shape index (κ1) is 10.2. The van der Waals surface area contributed by atoms with Crippen molar-refractivity contribution in [1.29, 1.82) is 0 Å². The maximum atomic E-state index is 11.4. The number of ether oxygens (including phenoxy) is 1. The van der Waals surface area contributed by atoms with E-state index < -0.39 is 0 Å². The number of carbonyl (C=O) groups is 1. The number of para-hydroxylation sites is 1. The van der Waals surface area contributed by atoms with Crippen molar-refractivity contribution < 1.29 is 9.53 Å². The zero-order valence-electron chi connectivity index (χ0n) is 9.46. The molecule has 0 atom stereocenters. The molecule has 15 heavy (non-hydrogen) atoms. The van der Waals surface area contributed by atoms with Crippen LogP contribution in [0.1, 0.15) is 43.1 Å². The Morgan fingerprint density at radius 2 is 2.13 bits per heavy atom. The van der Waals surface area contributed by atoms with Gasteiger partial charge in [0.1, 0.15) is 11.4 Å². The van der Waals surface area contributed by atoms with Crippen molar-refractivity contribution in [1.82, 2.24) is 0 Å². The van der Waals surface area contributed by atoms with Gasteiger partial charge in [-0.2, -0.15) is 0 Å². The van der Waals surface area contributed by atoms with Crippen LogP contribution in [-0.2, 0) is 6.42 Å². The molecule has 1 aliphatic rings. The van der Waals surface area contributed by atoms with E-state index in [1.807, 2.05) is 18.2 Å². The van der Waals surface area contributed by atoms with Gasteiger partial charge in [0.05, 0.1) is 5.56 Å². The molecule has 0 bridgehead atoms. The Kier molecular flexibility index (Phi) is 2.29. The Balaban J connectivity index is 2.50. The first-order chi connectivity index (χ1) is 6.99. The highest BCUT2D eigenvalue weighted by Crippen LogP contribution is 2.35. The van der Waals surface area contributed by atoms with Gasteiger partial charge in [-0.1, -0.05) is 12.1 Å². The normalized spacial score (nSPS) is 17.8. The summed E-state index contributed by atoms with van der Waals surface area (Å²) in [5.41, 5.74) is 1.71. The number of hydrogen-bond donors (Lipinski definition) is 0. The minimum absolute atomic E-state index is 0.0737. The smallest absolute Gasteiger partial charge is 0.163 e. The van der Waals surface area contributed by atoms with Gasteiger partial charge >= 0.3 is 0 Å². The molecule has 0 saturated heterocycles. The van der Waals surface area contributed by atoms with E-state index in [1.54, 1.807) is 6.92 Å². The van der Waals surface area contributed by atoms with Crippen LogP contribution in [0.2, 0.25) is 0 Å². The largest absolute Gasteiger partial charge is 0.487 e. The number of carbonyl (C=O) groups excluding carboxylic acids is 1. The van der Waals surface area contributed by atoms with Crippen LogP contribution in [0.4, 0.5) is 0 Å². The fraction of sp³-hybridized carbons (Fsp3) is 0.462. The van der Waals surface area contributed by atoms with Gasteiger partial charge < -0.3 is 4.74 Å². The molecule has 1 aliphatic heterocycles. The molecule has 0 spiro atoms. The summed E-state index contributed by atoms with van der Waals surface area (Å²) < 4.78 is 5.89. The molecule has 0 aromatic heterocycles. The molecule has 0 saturated carbocycles. The number of aryl methyl sites for hydroxylation is 1. The average molecular weight is 204 g/mol. The minimum Gasteiger partial charge on any atom is -0.487 e. The zero-order chi connectivity index (χ0) is 11.1. The topological polar surface area (TPSA) is 26.3 Å². The van der Waals surface area contributed by atoms with E-state index in [0.717, 1.165) is 24.2 Å². The number of fused-ring (bicyclic) bond motifs is 1. The highest BCUT2D eigenvalue weighted by molar-refractivity contribution is 5.97. The third-order valence-electron chi connectivity index (χ3n) is 2.85. The molecule has 0 radical (unpaired) electrons. The Morgan fingerprint density at radius 1 is 1.40 bits per heavy atom. The SMILES string of the molecule is CC(=O)c1cccc2c1OC(C)(C)CC2. The van der Waals surface area contributed by atoms with Gasteiger partial charge in [-0.25, -0.2) is 0 Å². The maximum absolute atomic E-state index is 11.4. The van der Waals surface area contributed by atoms with Crippen molar-refractivity contribution >= 4 is 5.78 Å². The summed E-state index contributed by atoms with van der Waals surface area (Å²) in [5.74, 6) is 0.866. The molecule has 0 amide bonds. The van der Waals surface area contributed by atoms with E-state index in [4.69, 9.17) is 4.74 Å². The number of rotatable bonds is 1. The third-order valence-corrected chi connectivity index (χ3v) is 2.85. The van der Waals surface area contributed by atoms with Gasteiger partial charge in [-0.05, 0) is 45.2 Å². The summed E-state index contributed by atoms with van der Waals surface area (Å²) in [5, 5.41) is 0. The standard InChI is InChI=1S/C13H16O2/c1-9(14)11-6-4-5-10-7-8-13(2,3)15-12(10)11/h4-6H,7-8H2,1-3H3. The lowest BCUT2D eigenvalue weighted by atomic mass is 9.92. The van der Waals surface area contributed by atoms with Gasteiger partial charge in [0, 0.05) is 0 Å². The second kappa shape index (κ2) is 3.37. The highest BCUT2D eigenvalue weighted by atomic mass is 16.5. The fourth-order valence-corrected chi connectivity index (χ4v) is 1.94. The summed E-state index contributed by atoms with van der Waals surface area (Å²) in [6, 6.07) is 5.80. The van der Waals surface area contributed by atoms with Crippen molar-refractivity contribution in [2.45, 2.75) is 39.2 Å². The molecule has 0 N–H and O–H groups in total. The van der Waals surface area contributed by atoms with Crippen LogP contribution < -0.4 is 4.74 Å². The Labute approximate surface area is 90.3 Å². The van der Waals surface area contributed by atoms with E-state index in [-0.39, 0.29) is 11.4 Å². The van der Waals surface area contributed by atoms with Crippen LogP contribution in [0.15, 0.2) is 18.2 Å². The zero-order valence-corrected chi connectivity index (χ0v) is 9.46. The Hall–Kier alpha value is -1.31. The van der Waals surface area contributed by atoms with Crippen molar-refractivity contribution in [2.24, 2.45) is 0 Å². The van der Waals surface area contributed by atoms with E-state index in [0.29, 0.717) is 5.56 Å².